The molecule has 0 aliphatic heterocycles. The zero-order valence-corrected chi connectivity index (χ0v) is 6.28. The molecule has 0 radical (unpaired) electrons. The van der Waals surface area contributed by atoms with Crippen LogP contribution in [0, 0.1) is 12.5 Å². The number of carbonyl (C=O) groups is 1. The number of nitrogens with two attached hydrogens (primary N) is 1. The van der Waals surface area contributed by atoms with Crippen LogP contribution in [0.4, 0.5) is 5.69 Å². The first-order valence-corrected chi connectivity index (χ1v) is 3.26. The van der Waals surface area contributed by atoms with Crippen molar-refractivity contribution in [1.29, 1.82) is 0 Å². The maximum absolute atomic E-state index is 11.0. The third-order valence-corrected chi connectivity index (χ3v) is 1.30. The van der Waals surface area contributed by atoms with Gasteiger partial charge in [0, 0.05) is 5.69 Å². The molecule has 0 amide bonds. The van der Waals surface area contributed by atoms with Crippen LogP contribution in [-0.2, 0) is 4.74 Å². The van der Waals surface area contributed by atoms with Crippen molar-refractivity contribution in [1.82, 2.24) is 0 Å². The molecule has 1 aromatic carbocycles. The topological polar surface area (TPSA) is 52.3 Å². The monoisotopic (exact) mass is 161 g/mol. The van der Waals surface area contributed by atoms with Crippen molar-refractivity contribution in [2.75, 3.05) is 5.73 Å². The highest BCUT2D eigenvalue weighted by molar-refractivity contribution is 5.90. The molecular weight excluding hydrogens is 154 g/mol. The Labute approximate surface area is 70.1 Å². The molecule has 1 rings (SSSR count). The lowest BCUT2D eigenvalue weighted by molar-refractivity contribution is 0.0691. The Morgan fingerprint density at radius 1 is 1.42 bits per heavy atom. The number of hydrogen-bond acceptors (Lipinski definition) is 3. The second-order valence-electron chi connectivity index (χ2n) is 2.13. The highest BCUT2D eigenvalue weighted by Gasteiger charge is 2.03. The summed E-state index contributed by atoms with van der Waals surface area (Å²) in [5.41, 5.74) is 6.39. The van der Waals surface area contributed by atoms with Crippen molar-refractivity contribution in [3.05, 3.63) is 29.8 Å². The molecule has 0 saturated carbocycles. The van der Waals surface area contributed by atoms with Gasteiger partial charge in [-0.05, 0) is 24.3 Å². The SMILES string of the molecule is C#COC(=O)c1ccc(N)cc1. The fourth-order valence-electron chi connectivity index (χ4n) is 0.732. The maximum atomic E-state index is 11.0. The van der Waals surface area contributed by atoms with E-state index >= 15 is 0 Å². The van der Waals surface area contributed by atoms with E-state index in [1.54, 1.807) is 30.4 Å². The molecule has 0 atom stereocenters. The van der Waals surface area contributed by atoms with E-state index in [0.29, 0.717) is 11.3 Å². The molecule has 2 N–H and O–H groups in total. The molecule has 60 valence electrons. The van der Waals surface area contributed by atoms with Crippen LogP contribution in [0.15, 0.2) is 24.3 Å². The summed E-state index contributed by atoms with van der Waals surface area (Å²) in [7, 11) is 0. The average molecular weight is 161 g/mol. The van der Waals surface area contributed by atoms with E-state index in [2.05, 4.69) is 4.74 Å². The van der Waals surface area contributed by atoms with Gasteiger partial charge in [0.05, 0.1) is 5.56 Å². The minimum Gasteiger partial charge on any atom is -0.399 e. The van der Waals surface area contributed by atoms with E-state index in [1.165, 1.54) is 0 Å². The third kappa shape index (κ3) is 1.77. The van der Waals surface area contributed by atoms with Gasteiger partial charge >= 0.3 is 5.97 Å². The molecule has 0 unspecified atom stereocenters. The van der Waals surface area contributed by atoms with Crippen molar-refractivity contribution in [3.63, 3.8) is 0 Å². The highest BCUT2D eigenvalue weighted by Crippen LogP contribution is 2.06. The molecule has 0 saturated heterocycles. The Bertz CT molecular complexity index is 321. The number of nitrogen functional groups attached to an aromatic ring is 1. The van der Waals surface area contributed by atoms with Crippen molar-refractivity contribution in [2.45, 2.75) is 0 Å². The van der Waals surface area contributed by atoms with Gasteiger partial charge in [-0.3, -0.25) is 0 Å². The lowest BCUT2D eigenvalue weighted by Gasteiger charge is -1.96. The lowest BCUT2D eigenvalue weighted by Crippen LogP contribution is -2.00. The molecule has 0 aliphatic rings. The zero-order chi connectivity index (χ0) is 8.97. The minimum atomic E-state index is -0.544. The second-order valence-corrected chi connectivity index (χ2v) is 2.13. The Hall–Kier alpha value is -1.95. The summed E-state index contributed by atoms with van der Waals surface area (Å²) in [6.07, 6.45) is 6.58. The van der Waals surface area contributed by atoms with Gasteiger partial charge in [-0.15, -0.1) is 0 Å². The van der Waals surface area contributed by atoms with Gasteiger partial charge in [-0.1, -0.05) is 6.42 Å². The quantitative estimate of drug-likeness (QED) is 0.380. The van der Waals surface area contributed by atoms with Crippen LogP contribution in [0.3, 0.4) is 0 Å². The van der Waals surface area contributed by atoms with Gasteiger partial charge in [0.15, 0.2) is 0 Å². The van der Waals surface area contributed by atoms with E-state index in [4.69, 9.17) is 12.2 Å². The van der Waals surface area contributed by atoms with Gasteiger partial charge in [0.1, 0.15) is 6.11 Å². The number of esters is 1. The smallest absolute Gasteiger partial charge is 0.352 e. The van der Waals surface area contributed by atoms with E-state index in [9.17, 15) is 4.79 Å². The van der Waals surface area contributed by atoms with Crippen molar-refractivity contribution in [3.8, 4) is 12.5 Å². The predicted octanol–water partition coefficient (Wildman–Crippen LogP) is 1.02. The fourth-order valence-corrected chi connectivity index (χ4v) is 0.732. The number of anilines is 1. The number of hydrogen-bond donors (Lipinski definition) is 1. The van der Waals surface area contributed by atoms with Crippen LogP contribution in [0.2, 0.25) is 0 Å². The number of rotatable bonds is 1. The first-order chi connectivity index (χ1) is 5.74. The summed E-state index contributed by atoms with van der Waals surface area (Å²) in [6, 6.07) is 6.31. The first-order valence-electron chi connectivity index (χ1n) is 3.26. The zero-order valence-electron chi connectivity index (χ0n) is 6.28. The molecule has 1 aromatic rings. The van der Waals surface area contributed by atoms with Crippen molar-refractivity contribution >= 4 is 11.7 Å². The average Bonchev–Trinajstić information content (AvgIpc) is 2.06. The molecule has 12 heavy (non-hydrogen) atoms. The number of carbonyl (C=O) groups excluding carboxylic acids is 1. The normalized spacial score (nSPS) is 8.58. The summed E-state index contributed by atoms with van der Waals surface area (Å²) >= 11 is 0. The van der Waals surface area contributed by atoms with Crippen LogP contribution in [0.5, 0.6) is 0 Å². The Morgan fingerprint density at radius 2 is 2.00 bits per heavy atom. The molecule has 0 heterocycles. The summed E-state index contributed by atoms with van der Waals surface area (Å²) in [6.45, 7) is 0. The standard InChI is InChI=1S/C9H7NO2/c1-2-12-9(11)7-3-5-8(10)6-4-7/h1,3-6H,10H2. The molecule has 0 aromatic heterocycles. The number of ether oxygens (including phenoxy) is 1. The van der Waals surface area contributed by atoms with E-state index in [-0.39, 0.29) is 0 Å². The molecule has 0 aliphatic carbocycles. The Morgan fingerprint density at radius 3 is 2.50 bits per heavy atom. The van der Waals surface area contributed by atoms with Gasteiger partial charge < -0.3 is 10.5 Å². The summed E-state index contributed by atoms with van der Waals surface area (Å²) in [5.74, 6) is -0.544. The van der Waals surface area contributed by atoms with Crippen LogP contribution < -0.4 is 5.73 Å². The second kappa shape index (κ2) is 3.44. The molecule has 3 nitrogen and oxygen atoms in total. The van der Waals surface area contributed by atoms with Crippen LogP contribution >= 0.6 is 0 Å². The van der Waals surface area contributed by atoms with Gasteiger partial charge in [-0.25, -0.2) is 4.79 Å². The van der Waals surface area contributed by atoms with Gasteiger partial charge in [0.25, 0.3) is 0 Å². The van der Waals surface area contributed by atoms with E-state index < -0.39 is 5.97 Å². The van der Waals surface area contributed by atoms with Crippen LogP contribution in [0.1, 0.15) is 10.4 Å². The Balaban J connectivity index is 2.84. The minimum absolute atomic E-state index is 0.391. The molecular formula is C9H7NO2. The Kier molecular flexibility index (Phi) is 2.34. The van der Waals surface area contributed by atoms with Crippen molar-refractivity contribution in [2.24, 2.45) is 0 Å². The largest absolute Gasteiger partial charge is 0.399 e. The molecule has 0 fully saturated rings. The summed E-state index contributed by atoms with van der Waals surface area (Å²) in [5, 5.41) is 0. The van der Waals surface area contributed by atoms with Gasteiger partial charge in [0.2, 0.25) is 0 Å². The summed E-state index contributed by atoms with van der Waals surface area (Å²) in [4.78, 5) is 11.0. The third-order valence-electron chi connectivity index (χ3n) is 1.30. The molecule has 0 bridgehead atoms. The van der Waals surface area contributed by atoms with Crippen LogP contribution in [-0.4, -0.2) is 5.97 Å². The van der Waals surface area contributed by atoms with Crippen LogP contribution in [0.25, 0.3) is 0 Å². The van der Waals surface area contributed by atoms with Crippen molar-refractivity contribution < 1.29 is 9.53 Å². The fraction of sp³-hybridized carbons (Fsp3) is 0. The highest BCUT2D eigenvalue weighted by atomic mass is 16.5. The van der Waals surface area contributed by atoms with E-state index in [1.807, 2.05) is 0 Å². The first kappa shape index (κ1) is 8.15. The maximum Gasteiger partial charge on any atom is 0.352 e. The number of benzene rings is 1. The number of terminal acetylenes is 1. The molecule has 3 heteroatoms. The predicted molar refractivity (Wildman–Crippen MR) is 45.1 cm³/mol. The lowest BCUT2D eigenvalue weighted by atomic mass is 10.2. The van der Waals surface area contributed by atoms with E-state index in [0.717, 1.165) is 0 Å². The van der Waals surface area contributed by atoms with Gasteiger partial charge in [-0.2, -0.15) is 0 Å². The summed E-state index contributed by atoms with van der Waals surface area (Å²) < 4.78 is 4.32. The molecule has 0 spiro atoms.